The normalized spacial score (nSPS) is 11.9. The van der Waals surface area contributed by atoms with Crippen LogP contribution in [-0.2, 0) is 11.2 Å². The van der Waals surface area contributed by atoms with Gasteiger partial charge in [0.1, 0.15) is 11.5 Å². The highest BCUT2D eigenvalue weighted by Gasteiger charge is 2.20. The molecule has 1 N–H and O–H groups in total. The SMILES string of the molecule is COc1cccc(C(O)CN(C)C(=O)Cc2nc(-c3cccc(C)c3)oc2C)c1. The van der Waals surface area contributed by atoms with Crippen molar-refractivity contribution in [3.63, 3.8) is 0 Å². The second kappa shape index (κ2) is 8.92. The van der Waals surface area contributed by atoms with Gasteiger partial charge in [-0.15, -0.1) is 0 Å². The Morgan fingerprint density at radius 2 is 1.97 bits per heavy atom. The summed E-state index contributed by atoms with van der Waals surface area (Å²) in [6.07, 6.45) is -0.692. The summed E-state index contributed by atoms with van der Waals surface area (Å²) in [6.45, 7) is 3.99. The van der Waals surface area contributed by atoms with Crippen LogP contribution in [0.3, 0.4) is 0 Å². The number of benzene rings is 2. The van der Waals surface area contributed by atoms with E-state index in [1.807, 2.05) is 43.3 Å². The molecule has 6 heteroatoms. The van der Waals surface area contributed by atoms with Crippen LogP contribution < -0.4 is 4.74 Å². The van der Waals surface area contributed by atoms with Gasteiger partial charge in [-0.1, -0.05) is 29.8 Å². The van der Waals surface area contributed by atoms with Crippen LogP contribution in [0, 0.1) is 13.8 Å². The Hall–Kier alpha value is -3.12. The average molecular weight is 394 g/mol. The van der Waals surface area contributed by atoms with Gasteiger partial charge in [-0.3, -0.25) is 4.79 Å². The van der Waals surface area contributed by atoms with E-state index in [1.165, 1.54) is 4.90 Å². The van der Waals surface area contributed by atoms with Gasteiger partial charge in [0.25, 0.3) is 0 Å². The maximum Gasteiger partial charge on any atom is 0.228 e. The predicted octanol–water partition coefficient (Wildman–Crippen LogP) is 3.70. The third kappa shape index (κ3) is 5.03. The fraction of sp³-hybridized carbons (Fsp3) is 0.304. The lowest BCUT2D eigenvalue weighted by Gasteiger charge is -2.21. The van der Waals surface area contributed by atoms with E-state index in [0.717, 1.165) is 11.1 Å². The second-order valence-electron chi connectivity index (χ2n) is 7.13. The largest absolute Gasteiger partial charge is 0.497 e. The predicted molar refractivity (Wildman–Crippen MR) is 111 cm³/mol. The Bertz CT molecular complexity index is 996. The zero-order chi connectivity index (χ0) is 21.0. The van der Waals surface area contributed by atoms with Gasteiger partial charge in [0, 0.05) is 12.6 Å². The monoisotopic (exact) mass is 394 g/mol. The van der Waals surface area contributed by atoms with Crippen molar-refractivity contribution in [1.82, 2.24) is 9.88 Å². The summed E-state index contributed by atoms with van der Waals surface area (Å²) >= 11 is 0. The Labute approximate surface area is 170 Å². The van der Waals surface area contributed by atoms with Gasteiger partial charge in [0.15, 0.2) is 0 Å². The van der Waals surface area contributed by atoms with E-state index in [2.05, 4.69) is 4.98 Å². The van der Waals surface area contributed by atoms with E-state index in [1.54, 1.807) is 33.2 Å². The highest BCUT2D eigenvalue weighted by molar-refractivity contribution is 5.78. The molecular weight excluding hydrogens is 368 g/mol. The van der Waals surface area contributed by atoms with E-state index in [-0.39, 0.29) is 18.9 Å². The first-order chi connectivity index (χ1) is 13.9. The van der Waals surface area contributed by atoms with Crippen LogP contribution in [0.25, 0.3) is 11.5 Å². The summed E-state index contributed by atoms with van der Waals surface area (Å²) in [4.78, 5) is 18.7. The molecule has 6 nitrogen and oxygen atoms in total. The lowest BCUT2D eigenvalue weighted by Crippen LogP contribution is -2.32. The third-order valence-electron chi connectivity index (χ3n) is 4.83. The van der Waals surface area contributed by atoms with Crippen LogP contribution >= 0.6 is 0 Å². The number of ether oxygens (including phenoxy) is 1. The number of aromatic nitrogens is 1. The molecule has 29 heavy (non-hydrogen) atoms. The Morgan fingerprint density at radius 3 is 2.69 bits per heavy atom. The van der Waals surface area contributed by atoms with Crippen LogP contribution in [0.2, 0.25) is 0 Å². The molecule has 0 aliphatic rings. The molecule has 0 spiro atoms. The summed E-state index contributed by atoms with van der Waals surface area (Å²) in [7, 11) is 3.25. The Morgan fingerprint density at radius 1 is 1.21 bits per heavy atom. The maximum atomic E-state index is 12.7. The number of oxazole rings is 1. The molecule has 0 aliphatic heterocycles. The molecule has 3 aromatic rings. The molecule has 1 aromatic heterocycles. The molecule has 1 unspecified atom stereocenters. The molecule has 3 rings (SSSR count). The van der Waals surface area contributed by atoms with Crippen LogP contribution in [0.15, 0.2) is 52.9 Å². The van der Waals surface area contributed by atoms with Crippen molar-refractivity contribution >= 4 is 5.91 Å². The van der Waals surface area contributed by atoms with Gasteiger partial charge in [-0.2, -0.15) is 0 Å². The van der Waals surface area contributed by atoms with E-state index in [9.17, 15) is 9.90 Å². The number of hydrogen-bond donors (Lipinski definition) is 1. The fourth-order valence-electron chi connectivity index (χ4n) is 3.09. The Balaban J connectivity index is 1.66. The van der Waals surface area contributed by atoms with E-state index < -0.39 is 6.10 Å². The van der Waals surface area contributed by atoms with Gasteiger partial charge >= 0.3 is 0 Å². The van der Waals surface area contributed by atoms with Gasteiger partial charge in [0.05, 0.1) is 31.9 Å². The highest BCUT2D eigenvalue weighted by Crippen LogP contribution is 2.24. The molecule has 2 aromatic carbocycles. The molecule has 1 heterocycles. The summed E-state index contributed by atoms with van der Waals surface area (Å²) in [6, 6.07) is 15.1. The van der Waals surface area contributed by atoms with Crippen molar-refractivity contribution < 1.29 is 19.1 Å². The van der Waals surface area contributed by atoms with Crippen LogP contribution in [0.5, 0.6) is 5.75 Å². The smallest absolute Gasteiger partial charge is 0.228 e. The molecule has 0 fully saturated rings. The molecule has 0 aliphatic carbocycles. The minimum absolute atomic E-state index is 0.114. The first-order valence-electron chi connectivity index (χ1n) is 9.46. The number of aryl methyl sites for hydroxylation is 2. The van der Waals surface area contributed by atoms with E-state index >= 15 is 0 Å². The van der Waals surface area contributed by atoms with Crippen molar-refractivity contribution in [1.29, 1.82) is 0 Å². The Kier molecular flexibility index (Phi) is 6.34. The first kappa shape index (κ1) is 20.6. The maximum absolute atomic E-state index is 12.7. The first-order valence-corrected chi connectivity index (χ1v) is 9.46. The topological polar surface area (TPSA) is 75.8 Å². The van der Waals surface area contributed by atoms with Crippen LogP contribution in [-0.4, -0.2) is 41.6 Å². The highest BCUT2D eigenvalue weighted by atomic mass is 16.5. The number of amides is 1. The number of nitrogens with zero attached hydrogens (tertiary/aromatic N) is 2. The van der Waals surface area contributed by atoms with E-state index in [0.29, 0.717) is 28.7 Å². The number of carbonyl (C=O) groups excluding carboxylic acids is 1. The fourth-order valence-corrected chi connectivity index (χ4v) is 3.09. The van der Waals surface area contributed by atoms with Crippen LogP contribution in [0.1, 0.15) is 28.7 Å². The molecule has 1 atom stereocenters. The van der Waals surface area contributed by atoms with Crippen molar-refractivity contribution in [2.45, 2.75) is 26.4 Å². The standard InChI is InChI=1S/C23H26N2O4/c1-15-7-5-9-18(11-15)23-24-20(16(2)29-23)13-22(27)25(3)14-21(26)17-8-6-10-19(12-17)28-4/h5-12,21,26H,13-14H2,1-4H3. The lowest BCUT2D eigenvalue weighted by atomic mass is 10.1. The summed E-state index contributed by atoms with van der Waals surface area (Å²) in [5.74, 6) is 1.65. The number of hydrogen-bond acceptors (Lipinski definition) is 5. The minimum Gasteiger partial charge on any atom is -0.497 e. The molecule has 0 saturated heterocycles. The van der Waals surface area contributed by atoms with Gasteiger partial charge < -0.3 is 19.2 Å². The zero-order valence-electron chi connectivity index (χ0n) is 17.2. The number of rotatable bonds is 7. The van der Waals surface area contributed by atoms with Crippen molar-refractivity contribution in [2.75, 3.05) is 20.7 Å². The minimum atomic E-state index is -0.805. The quantitative estimate of drug-likeness (QED) is 0.661. The number of carbonyl (C=O) groups is 1. The molecular formula is C23H26N2O4. The second-order valence-corrected chi connectivity index (χ2v) is 7.13. The van der Waals surface area contributed by atoms with Crippen molar-refractivity contribution in [2.24, 2.45) is 0 Å². The molecule has 0 radical (unpaired) electrons. The van der Waals surface area contributed by atoms with Gasteiger partial charge in [-0.05, 0) is 43.7 Å². The van der Waals surface area contributed by atoms with Gasteiger partial charge in [0.2, 0.25) is 11.8 Å². The van der Waals surface area contributed by atoms with Crippen molar-refractivity contribution in [3.05, 3.63) is 71.1 Å². The summed E-state index contributed by atoms with van der Waals surface area (Å²) in [5, 5.41) is 10.5. The van der Waals surface area contributed by atoms with Crippen LogP contribution in [0.4, 0.5) is 0 Å². The van der Waals surface area contributed by atoms with Crippen molar-refractivity contribution in [3.8, 4) is 17.2 Å². The van der Waals surface area contributed by atoms with Gasteiger partial charge in [-0.25, -0.2) is 4.98 Å². The zero-order valence-corrected chi connectivity index (χ0v) is 17.2. The number of aliphatic hydroxyl groups is 1. The molecule has 0 bridgehead atoms. The number of aliphatic hydroxyl groups excluding tert-OH is 1. The lowest BCUT2D eigenvalue weighted by molar-refractivity contribution is -0.130. The molecule has 0 saturated carbocycles. The van der Waals surface area contributed by atoms with E-state index in [4.69, 9.17) is 9.15 Å². The summed E-state index contributed by atoms with van der Waals surface area (Å²) < 4.78 is 11.0. The molecule has 152 valence electrons. The summed E-state index contributed by atoms with van der Waals surface area (Å²) in [5.41, 5.74) is 3.30. The molecule has 1 amide bonds. The third-order valence-corrected chi connectivity index (χ3v) is 4.83. The number of methoxy groups -OCH3 is 1. The number of likely N-dealkylation sites (N-methyl/N-ethyl adjacent to an activating group) is 1. The average Bonchev–Trinajstić information content (AvgIpc) is 3.08.